The number of amides is 1. The van der Waals surface area contributed by atoms with Crippen LogP contribution in [0.5, 0.6) is 0 Å². The summed E-state index contributed by atoms with van der Waals surface area (Å²) in [4.78, 5) is 21.7. The Balaban J connectivity index is 1.53. The van der Waals surface area contributed by atoms with Crippen LogP contribution in [0.25, 0.3) is 33.6 Å². The molecule has 2 aromatic heterocycles. The highest BCUT2D eigenvalue weighted by Crippen LogP contribution is 2.45. The van der Waals surface area contributed by atoms with Gasteiger partial charge in [0.2, 0.25) is 11.7 Å². The van der Waals surface area contributed by atoms with Gasteiger partial charge in [0.15, 0.2) is 0 Å². The van der Waals surface area contributed by atoms with Crippen molar-refractivity contribution in [1.29, 1.82) is 0 Å². The number of aliphatic hydroxyl groups is 1. The lowest BCUT2D eigenvalue weighted by atomic mass is 9.71. The first-order valence-electron chi connectivity index (χ1n) is 13.6. The van der Waals surface area contributed by atoms with Gasteiger partial charge in [-0.1, -0.05) is 67.9 Å². The summed E-state index contributed by atoms with van der Waals surface area (Å²) in [6.45, 7) is 2.80. The number of unbranched alkanes of at least 4 members (excludes halogenated alkanes) is 1. The van der Waals surface area contributed by atoms with Crippen LogP contribution in [0, 0.1) is 0 Å². The van der Waals surface area contributed by atoms with E-state index in [4.69, 9.17) is 9.15 Å². The fourth-order valence-corrected chi connectivity index (χ4v) is 5.01. The first-order chi connectivity index (χ1) is 19.1. The molecule has 0 saturated heterocycles. The highest BCUT2D eigenvalue weighted by atomic mass is 16.5. The molecule has 9 nitrogen and oxygen atoms in total. The molecule has 0 aliphatic heterocycles. The van der Waals surface area contributed by atoms with Crippen molar-refractivity contribution in [2.45, 2.75) is 44.6 Å². The van der Waals surface area contributed by atoms with Crippen molar-refractivity contribution in [1.82, 2.24) is 15.3 Å². The number of hydrogen-bond donors (Lipinski definition) is 4. The Morgan fingerprint density at radius 3 is 2.49 bits per heavy atom. The van der Waals surface area contributed by atoms with Crippen molar-refractivity contribution in [3.05, 3.63) is 60.2 Å². The molecule has 0 spiro atoms. The molecule has 0 atom stereocenters. The predicted octanol–water partition coefficient (Wildman–Crippen LogP) is 5.91. The number of benzene rings is 2. The second-order valence-electron chi connectivity index (χ2n) is 9.78. The molecule has 4 N–H and O–H groups in total. The molecule has 0 radical (unpaired) electrons. The van der Waals surface area contributed by atoms with Crippen molar-refractivity contribution in [2.24, 2.45) is 0 Å². The number of hydrogen-bond acceptors (Lipinski definition) is 8. The molecule has 1 saturated carbocycles. The fraction of sp³-hybridized carbons (Fsp3) is 0.367. The molecule has 5 rings (SSSR count). The predicted molar refractivity (Wildman–Crippen MR) is 153 cm³/mol. The summed E-state index contributed by atoms with van der Waals surface area (Å²) < 4.78 is 11.8. The van der Waals surface area contributed by atoms with Gasteiger partial charge in [-0.2, -0.15) is 9.97 Å². The largest absolute Gasteiger partial charge is 0.450 e. The maximum absolute atomic E-state index is 12.5. The summed E-state index contributed by atoms with van der Waals surface area (Å²) in [6.07, 6.45) is 4.28. The molecule has 1 amide bonds. The first kappa shape index (κ1) is 26.5. The highest BCUT2D eigenvalue weighted by Gasteiger charge is 2.40. The molecule has 9 heteroatoms. The quantitative estimate of drug-likeness (QED) is 0.177. The lowest BCUT2D eigenvalue weighted by molar-refractivity contribution is 0.110. The van der Waals surface area contributed by atoms with Crippen LogP contribution in [0.15, 0.2) is 59.0 Å². The molecular weight excluding hydrogens is 494 g/mol. The average Bonchev–Trinajstić information content (AvgIpc) is 3.34. The molecule has 204 valence electrons. The van der Waals surface area contributed by atoms with Crippen LogP contribution in [-0.2, 0) is 10.3 Å². The zero-order chi connectivity index (χ0) is 27.2. The number of nitrogens with zero attached hydrogens (tertiary/aromatic N) is 2. The van der Waals surface area contributed by atoms with Gasteiger partial charge >= 0.3 is 6.09 Å². The Bertz CT molecular complexity index is 1420. The van der Waals surface area contributed by atoms with Gasteiger partial charge in [-0.25, -0.2) is 4.79 Å². The minimum atomic E-state index is -0.407. The molecule has 0 bridgehead atoms. The maximum Gasteiger partial charge on any atom is 0.407 e. The second-order valence-corrected chi connectivity index (χ2v) is 9.78. The SMILES string of the molecule is CCCCOC(=O)NC1(c2ccc(-c3oc4nc(NCCO)nc(NC)c4c3-c3ccccc3)cc2)CCC1. The number of alkyl carbamates (subject to hydrolysis) is 1. The van der Waals surface area contributed by atoms with Crippen LogP contribution in [-0.4, -0.2) is 48.0 Å². The Labute approximate surface area is 228 Å². The molecular formula is C30H35N5O4. The van der Waals surface area contributed by atoms with E-state index in [1.54, 1.807) is 0 Å². The van der Waals surface area contributed by atoms with E-state index in [9.17, 15) is 9.90 Å². The van der Waals surface area contributed by atoms with Crippen LogP contribution in [0.3, 0.4) is 0 Å². The van der Waals surface area contributed by atoms with E-state index in [2.05, 4.69) is 45.0 Å². The molecule has 4 aromatic rings. The van der Waals surface area contributed by atoms with Crippen LogP contribution >= 0.6 is 0 Å². The van der Waals surface area contributed by atoms with Gasteiger partial charge in [0.05, 0.1) is 24.1 Å². The number of furan rings is 1. The van der Waals surface area contributed by atoms with Gasteiger partial charge in [-0.05, 0) is 36.8 Å². The maximum atomic E-state index is 12.5. The van der Waals surface area contributed by atoms with Crippen molar-refractivity contribution < 1.29 is 19.1 Å². The monoisotopic (exact) mass is 529 g/mol. The Morgan fingerprint density at radius 2 is 1.85 bits per heavy atom. The van der Waals surface area contributed by atoms with Crippen LogP contribution in [0.4, 0.5) is 16.6 Å². The van der Waals surface area contributed by atoms with Crippen molar-refractivity contribution in [2.75, 3.05) is 37.4 Å². The Kier molecular flexibility index (Phi) is 7.97. The van der Waals surface area contributed by atoms with E-state index in [1.807, 2.05) is 49.5 Å². The fourth-order valence-electron chi connectivity index (χ4n) is 5.01. The Hall–Kier alpha value is -4.11. The van der Waals surface area contributed by atoms with Gasteiger partial charge in [-0.15, -0.1) is 0 Å². The van der Waals surface area contributed by atoms with E-state index >= 15 is 0 Å². The topological polar surface area (TPSA) is 122 Å². The zero-order valence-electron chi connectivity index (χ0n) is 22.4. The third-order valence-electron chi connectivity index (χ3n) is 7.22. The Morgan fingerprint density at radius 1 is 1.08 bits per heavy atom. The molecule has 0 unspecified atom stereocenters. The van der Waals surface area contributed by atoms with Crippen LogP contribution < -0.4 is 16.0 Å². The van der Waals surface area contributed by atoms with Gasteiger partial charge in [0, 0.05) is 24.7 Å². The number of nitrogens with one attached hydrogen (secondary N) is 3. The van der Waals surface area contributed by atoms with E-state index in [0.717, 1.165) is 59.7 Å². The van der Waals surface area contributed by atoms with E-state index in [0.29, 0.717) is 36.4 Å². The average molecular weight is 530 g/mol. The van der Waals surface area contributed by atoms with Gasteiger partial charge in [0.1, 0.15) is 11.6 Å². The number of fused-ring (bicyclic) bond motifs is 1. The van der Waals surface area contributed by atoms with Crippen LogP contribution in [0.2, 0.25) is 0 Å². The number of ether oxygens (including phenoxy) is 1. The number of aliphatic hydroxyl groups excluding tert-OH is 1. The third kappa shape index (κ3) is 5.40. The summed E-state index contributed by atoms with van der Waals surface area (Å²) in [6, 6.07) is 18.2. The van der Waals surface area contributed by atoms with E-state index < -0.39 is 5.54 Å². The lowest BCUT2D eigenvalue weighted by Crippen LogP contribution is -2.51. The minimum Gasteiger partial charge on any atom is -0.450 e. The number of aromatic nitrogens is 2. The summed E-state index contributed by atoms with van der Waals surface area (Å²) in [7, 11) is 1.81. The standard InChI is InChI=1S/C30H35N5O4/c1-3-4-19-38-29(37)35-30(15-8-16-30)22-13-11-21(12-14-22)25-23(20-9-6-5-7-10-20)24-26(31-2)33-28(32-17-18-36)34-27(24)39-25/h5-7,9-14,36H,3-4,8,15-19H2,1-2H3,(H,35,37)(H2,31,32,33,34). The summed E-state index contributed by atoms with van der Waals surface area (Å²) in [5, 5.41) is 19.3. The third-order valence-corrected chi connectivity index (χ3v) is 7.22. The van der Waals surface area contributed by atoms with E-state index in [1.165, 1.54) is 0 Å². The molecule has 1 fully saturated rings. The minimum absolute atomic E-state index is 0.0336. The van der Waals surface area contributed by atoms with Crippen molar-refractivity contribution >= 4 is 29.0 Å². The lowest BCUT2D eigenvalue weighted by Gasteiger charge is -2.42. The number of rotatable bonds is 11. The zero-order valence-corrected chi connectivity index (χ0v) is 22.4. The smallest absolute Gasteiger partial charge is 0.407 e. The van der Waals surface area contributed by atoms with E-state index in [-0.39, 0.29) is 12.7 Å². The molecule has 1 aliphatic carbocycles. The molecule has 39 heavy (non-hydrogen) atoms. The molecule has 2 aromatic carbocycles. The number of anilines is 2. The normalized spacial score (nSPS) is 14.0. The second kappa shape index (κ2) is 11.7. The summed E-state index contributed by atoms with van der Waals surface area (Å²) in [5.41, 5.74) is 3.86. The van der Waals surface area contributed by atoms with Gasteiger partial charge in [0.25, 0.3) is 0 Å². The summed E-state index contributed by atoms with van der Waals surface area (Å²) in [5.74, 6) is 1.69. The van der Waals surface area contributed by atoms with Crippen molar-refractivity contribution in [3.8, 4) is 22.5 Å². The van der Waals surface area contributed by atoms with Crippen LogP contribution in [0.1, 0.15) is 44.6 Å². The molecule has 1 aliphatic rings. The van der Waals surface area contributed by atoms with Gasteiger partial charge in [-0.3, -0.25) is 0 Å². The molecule has 2 heterocycles. The highest BCUT2D eigenvalue weighted by molar-refractivity contribution is 6.06. The number of carbonyl (C=O) groups excluding carboxylic acids is 1. The van der Waals surface area contributed by atoms with Crippen molar-refractivity contribution in [3.63, 3.8) is 0 Å². The first-order valence-corrected chi connectivity index (χ1v) is 13.6. The summed E-state index contributed by atoms with van der Waals surface area (Å²) >= 11 is 0. The van der Waals surface area contributed by atoms with Gasteiger partial charge < -0.3 is 30.2 Å². The number of carbonyl (C=O) groups is 1.